The molecule has 0 aromatic heterocycles. The van der Waals surface area contributed by atoms with E-state index in [0.717, 1.165) is 5.56 Å². The molecule has 70 valence electrons. The van der Waals surface area contributed by atoms with Gasteiger partial charge in [-0.05, 0) is 12.1 Å². The molecule has 0 radical (unpaired) electrons. The van der Waals surface area contributed by atoms with Crippen molar-refractivity contribution in [2.24, 2.45) is 5.92 Å². The molecule has 0 aliphatic heterocycles. The molecule has 0 amide bonds. The summed E-state index contributed by atoms with van der Waals surface area (Å²) in [6.07, 6.45) is 4.29. The molecule has 0 heterocycles. The van der Waals surface area contributed by atoms with Crippen LogP contribution in [0.4, 0.5) is 0 Å². The van der Waals surface area contributed by atoms with E-state index in [2.05, 4.69) is 17.9 Å². The van der Waals surface area contributed by atoms with Crippen LogP contribution in [0.25, 0.3) is 0 Å². The zero-order valence-corrected chi connectivity index (χ0v) is 8.10. The Labute approximate surface area is 84.4 Å². The molecule has 2 rings (SSSR count). The van der Waals surface area contributed by atoms with Crippen LogP contribution in [0.2, 0.25) is 0 Å². The molecular weight excluding hydrogens is 172 g/mol. The molecule has 0 saturated heterocycles. The first-order valence-electron chi connectivity index (χ1n) is 4.68. The Balaban J connectivity index is 2.05. The van der Waals surface area contributed by atoms with E-state index >= 15 is 0 Å². The van der Waals surface area contributed by atoms with Crippen LogP contribution in [-0.2, 0) is 4.74 Å². The van der Waals surface area contributed by atoms with Crippen LogP contribution in [0.15, 0.2) is 42.5 Å². The maximum absolute atomic E-state index is 5.20. The summed E-state index contributed by atoms with van der Waals surface area (Å²) in [6.45, 7) is 0. The maximum atomic E-state index is 5.20. The number of methoxy groups -OCH3 is 1. The van der Waals surface area contributed by atoms with Gasteiger partial charge < -0.3 is 4.74 Å². The Morgan fingerprint density at radius 2 is 1.93 bits per heavy atom. The molecular formula is C13H12O. The number of hydrogen-bond donors (Lipinski definition) is 0. The zero-order chi connectivity index (χ0) is 9.80. The van der Waals surface area contributed by atoms with Crippen molar-refractivity contribution in [1.82, 2.24) is 0 Å². The van der Waals surface area contributed by atoms with Gasteiger partial charge in [-0.2, -0.15) is 0 Å². The predicted molar refractivity (Wildman–Crippen MR) is 56.7 cm³/mol. The van der Waals surface area contributed by atoms with Crippen molar-refractivity contribution in [2.45, 2.75) is 6.10 Å². The summed E-state index contributed by atoms with van der Waals surface area (Å²) in [6, 6.07) is 10.0. The minimum atomic E-state index is 0.186. The summed E-state index contributed by atoms with van der Waals surface area (Å²) in [4.78, 5) is 0. The van der Waals surface area contributed by atoms with Gasteiger partial charge in [0.2, 0.25) is 0 Å². The first-order chi connectivity index (χ1) is 6.90. The van der Waals surface area contributed by atoms with E-state index in [0.29, 0.717) is 0 Å². The molecule has 0 fully saturated rings. The highest BCUT2D eigenvalue weighted by Crippen LogP contribution is 2.19. The van der Waals surface area contributed by atoms with Gasteiger partial charge in [0.1, 0.15) is 0 Å². The molecule has 1 nitrogen and oxygen atoms in total. The summed E-state index contributed by atoms with van der Waals surface area (Å²) in [7, 11) is 1.71. The number of rotatable bonds is 1. The van der Waals surface area contributed by atoms with Gasteiger partial charge in [-0.25, -0.2) is 0 Å². The molecule has 1 aromatic carbocycles. The SMILES string of the molecule is CO[C@H]1C=CC1C#Cc1ccccc1. The van der Waals surface area contributed by atoms with Crippen molar-refractivity contribution in [2.75, 3.05) is 7.11 Å². The third kappa shape index (κ3) is 1.86. The van der Waals surface area contributed by atoms with Gasteiger partial charge in [0.15, 0.2) is 0 Å². The first kappa shape index (κ1) is 9.05. The van der Waals surface area contributed by atoms with Crippen LogP contribution in [-0.4, -0.2) is 13.2 Å². The first-order valence-corrected chi connectivity index (χ1v) is 4.68. The average Bonchev–Trinajstić information content (AvgIpc) is 2.19. The van der Waals surface area contributed by atoms with Gasteiger partial charge >= 0.3 is 0 Å². The Morgan fingerprint density at radius 3 is 2.50 bits per heavy atom. The monoisotopic (exact) mass is 184 g/mol. The second-order valence-electron chi connectivity index (χ2n) is 3.25. The molecule has 0 N–H and O–H groups in total. The van der Waals surface area contributed by atoms with E-state index in [1.54, 1.807) is 7.11 Å². The summed E-state index contributed by atoms with van der Waals surface area (Å²) in [5, 5.41) is 0. The molecule has 2 atom stereocenters. The van der Waals surface area contributed by atoms with Crippen LogP contribution >= 0.6 is 0 Å². The van der Waals surface area contributed by atoms with Gasteiger partial charge in [0.05, 0.1) is 12.0 Å². The molecule has 1 unspecified atom stereocenters. The van der Waals surface area contributed by atoms with Crippen molar-refractivity contribution in [3.05, 3.63) is 48.0 Å². The Kier molecular flexibility index (Phi) is 2.67. The van der Waals surface area contributed by atoms with Crippen molar-refractivity contribution in [1.29, 1.82) is 0 Å². The van der Waals surface area contributed by atoms with Crippen LogP contribution in [0.3, 0.4) is 0 Å². The smallest absolute Gasteiger partial charge is 0.0925 e. The molecule has 1 aliphatic carbocycles. The van der Waals surface area contributed by atoms with Gasteiger partial charge in [-0.3, -0.25) is 0 Å². The fourth-order valence-corrected chi connectivity index (χ4v) is 1.36. The fourth-order valence-electron chi connectivity index (χ4n) is 1.36. The van der Waals surface area contributed by atoms with Crippen LogP contribution < -0.4 is 0 Å². The van der Waals surface area contributed by atoms with Gasteiger partial charge in [-0.15, -0.1) is 0 Å². The Hall–Kier alpha value is -1.52. The number of benzene rings is 1. The molecule has 1 aromatic rings. The second kappa shape index (κ2) is 4.13. The van der Waals surface area contributed by atoms with Gasteiger partial charge in [0, 0.05) is 12.7 Å². The topological polar surface area (TPSA) is 9.23 Å². The third-order valence-corrected chi connectivity index (χ3v) is 2.29. The predicted octanol–water partition coefficient (Wildman–Crippen LogP) is 2.24. The van der Waals surface area contributed by atoms with Crippen LogP contribution in [0, 0.1) is 17.8 Å². The minimum absolute atomic E-state index is 0.186. The highest BCUT2D eigenvalue weighted by molar-refractivity contribution is 5.37. The van der Waals surface area contributed by atoms with Crippen molar-refractivity contribution in [3.8, 4) is 11.8 Å². The van der Waals surface area contributed by atoms with E-state index in [1.807, 2.05) is 36.4 Å². The lowest BCUT2D eigenvalue weighted by molar-refractivity contribution is 0.108. The molecule has 0 saturated carbocycles. The largest absolute Gasteiger partial charge is 0.376 e. The lowest BCUT2D eigenvalue weighted by Crippen LogP contribution is -2.24. The normalized spacial score (nSPS) is 23.5. The summed E-state index contributed by atoms with van der Waals surface area (Å²) < 4.78 is 5.20. The van der Waals surface area contributed by atoms with E-state index in [-0.39, 0.29) is 12.0 Å². The zero-order valence-electron chi connectivity index (χ0n) is 8.10. The lowest BCUT2D eigenvalue weighted by Gasteiger charge is -2.22. The minimum Gasteiger partial charge on any atom is -0.376 e. The molecule has 0 spiro atoms. The third-order valence-electron chi connectivity index (χ3n) is 2.29. The standard InChI is InChI=1S/C13H12O/c1-14-13-10-9-12(13)8-7-11-5-3-2-4-6-11/h2-6,9-10,12-13H,1H3/t12?,13-/m0/s1. The Bertz CT molecular complexity index is 381. The lowest BCUT2D eigenvalue weighted by atomic mass is 9.92. The molecule has 0 bridgehead atoms. The summed E-state index contributed by atoms with van der Waals surface area (Å²) in [5.41, 5.74) is 1.06. The molecule has 1 heteroatoms. The maximum Gasteiger partial charge on any atom is 0.0925 e. The van der Waals surface area contributed by atoms with Crippen LogP contribution in [0.1, 0.15) is 5.56 Å². The van der Waals surface area contributed by atoms with Crippen molar-refractivity contribution < 1.29 is 4.74 Å². The Morgan fingerprint density at radius 1 is 1.14 bits per heavy atom. The highest BCUT2D eigenvalue weighted by Gasteiger charge is 2.20. The van der Waals surface area contributed by atoms with Gasteiger partial charge in [-0.1, -0.05) is 42.2 Å². The van der Waals surface area contributed by atoms with Crippen molar-refractivity contribution in [3.63, 3.8) is 0 Å². The van der Waals surface area contributed by atoms with E-state index in [1.165, 1.54) is 0 Å². The fraction of sp³-hybridized carbons (Fsp3) is 0.231. The van der Waals surface area contributed by atoms with E-state index in [4.69, 9.17) is 4.74 Å². The molecule has 1 aliphatic rings. The molecule has 14 heavy (non-hydrogen) atoms. The van der Waals surface area contributed by atoms with Gasteiger partial charge in [0.25, 0.3) is 0 Å². The second-order valence-corrected chi connectivity index (χ2v) is 3.25. The van der Waals surface area contributed by atoms with Crippen LogP contribution in [0.5, 0.6) is 0 Å². The quantitative estimate of drug-likeness (QED) is 0.480. The highest BCUT2D eigenvalue weighted by atomic mass is 16.5. The number of hydrogen-bond acceptors (Lipinski definition) is 1. The van der Waals surface area contributed by atoms with Crippen molar-refractivity contribution >= 4 is 0 Å². The summed E-state index contributed by atoms with van der Waals surface area (Å²) in [5.74, 6) is 6.57. The number of ether oxygens (including phenoxy) is 1. The average molecular weight is 184 g/mol. The summed E-state index contributed by atoms with van der Waals surface area (Å²) >= 11 is 0. The van der Waals surface area contributed by atoms with E-state index in [9.17, 15) is 0 Å². The van der Waals surface area contributed by atoms with E-state index < -0.39 is 0 Å².